The molecule has 0 spiro atoms. The summed E-state index contributed by atoms with van der Waals surface area (Å²) in [7, 11) is -3.55. The first-order valence-electron chi connectivity index (χ1n) is 10.0. The summed E-state index contributed by atoms with van der Waals surface area (Å²) in [5.74, 6) is -0.506. The Morgan fingerprint density at radius 1 is 0.935 bits per heavy atom. The highest BCUT2D eigenvalue weighted by atomic mass is 32.2. The summed E-state index contributed by atoms with van der Waals surface area (Å²) in [6.07, 6.45) is 1.43. The first-order valence-corrected chi connectivity index (χ1v) is 11.6. The molecule has 162 valence electrons. The summed E-state index contributed by atoms with van der Waals surface area (Å²) < 4.78 is 31.8. The smallest absolute Gasteiger partial charge is 0.289 e. The molecule has 2 aromatic carbocycles. The van der Waals surface area contributed by atoms with E-state index in [2.05, 4.69) is 5.32 Å². The maximum Gasteiger partial charge on any atom is 0.289 e. The van der Waals surface area contributed by atoms with E-state index in [1.54, 1.807) is 29.2 Å². The quantitative estimate of drug-likeness (QED) is 0.630. The second kappa shape index (κ2) is 8.91. The fourth-order valence-corrected chi connectivity index (χ4v) is 5.00. The van der Waals surface area contributed by atoms with Crippen molar-refractivity contribution >= 4 is 32.6 Å². The fourth-order valence-electron chi connectivity index (χ4n) is 3.67. The van der Waals surface area contributed by atoms with Crippen LogP contribution in [0.2, 0.25) is 0 Å². The molecule has 0 bridgehead atoms. The maximum atomic E-state index is 12.7. The molecule has 1 N–H and O–H groups in total. The van der Waals surface area contributed by atoms with E-state index in [1.165, 1.54) is 10.6 Å². The molecule has 0 atom stereocenters. The Bertz CT molecular complexity index is 1180. The number of carbonyl (C=O) groups is 2. The van der Waals surface area contributed by atoms with Crippen LogP contribution in [0.4, 0.5) is 0 Å². The molecule has 1 fully saturated rings. The summed E-state index contributed by atoms with van der Waals surface area (Å²) >= 11 is 0. The number of sulfonamides is 1. The highest BCUT2D eigenvalue weighted by Gasteiger charge is 2.29. The van der Waals surface area contributed by atoms with Crippen LogP contribution in [0.5, 0.6) is 0 Å². The van der Waals surface area contributed by atoms with Crippen LogP contribution in [-0.4, -0.2) is 67.9 Å². The number of hydrogen-bond donors (Lipinski definition) is 1. The largest absolute Gasteiger partial charge is 0.459 e. The Morgan fingerprint density at radius 2 is 1.68 bits per heavy atom. The van der Waals surface area contributed by atoms with E-state index in [4.69, 9.17) is 4.42 Å². The maximum absolute atomic E-state index is 12.7. The number of nitrogens with one attached hydrogen (secondary N) is 1. The molecule has 9 heteroatoms. The van der Waals surface area contributed by atoms with Crippen LogP contribution in [-0.2, 0) is 10.0 Å². The summed E-state index contributed by atoms with van der Waals surface area (Å²) in [6.45, 7) is 1.02. The zero-order chi connectivity index (χ0) is 21.8. The number of carbonyl (C=O) groups excluding carboxylic acids is 2. The zero-order valence-corrected chi connectivity index (χ0v) is 17.7. The lowest BCUT2D eigenvalue weighted by molar-refractivity contribution is 0.0665. The second-order valence-corrected chi connectivity index (χ2v) is 9.36. The van der Waals surface area contributed by atoms with Gasteiger partial charge in [-0.25, -0.2) is 8.42 Å². The number of nitrogens with zero attached hydrogens (tertiary/aromatic N) is 2. The van der Waals surface area contributed by atoms with Crippen LogP contribution >= 0.6 is 0 Å². The predicted molar refractivity (Wildman–Crippen MR) is 116 cm³/mol. The van der Waals surface area contributed by atoms with Gasteiger partial charge in [0.25, 0.3) is 11.8 Å². The third-order valence-electron chi connectivity index (χ3n) is 5.33. The number of rotatable bonds is 6. The van der Waals surface area contributed by atoms with Crippen LogP contribution in [0.25, 0.3) is 10.8 Å². The van der Waals surface area contributed by atoms with Gasteiger partial charge in [-0.1, -0.05) is 36.4 Å². The van der Waals surface area contributed by atoms with Gasteiger partial charge < -0.3 is 14.6 Å². The van der Waals surface area contributed by atoms with Crippen molar-refractivity contribution in [1.29, 1.82) is 0 Å². The topological polar surface area (TPSA) is 99.9 Å². The average Bonchev–Trinajstić information content (AvgIpc) is 3.33. The van der Waals surface area contributed by atoms with Crippen molar-refractivity contribution in [1.82, 2.24) is 14.5 Å². The molecule has 2 amide bonds. The second-order valence-electron chi connectivity index (χ2n) is 7.27. The average molecular weight is 442 g/mol. The normalized spacial score (nSPS) is 15.2. The minimum Gasteiger partial charge on any atom is -0.459 e. The lowest BCUT2D eigenvalue weighted by atomic mass is 10.0. The Kier molecular flexibility index (Phi) is 6.06. The Hall–Kier alpha value is -3.17. The SMILES string of the molecule is O=C(NCCS(=O)(=O)N1CCN(C(=O)c2ccco2)CC1)c1cccc2ccccc12. The van der Waals surface area contributed by atoms with Crippen LogP contribution in [0.1, 0.15) is 20.9 Å². The van der Waals surface area contributed by atoms with E-state index < -0.39 is 10.0 Å². The number of piperazine rings is 1. The standard InChI is InChI=1S/C22H23N3O5S/c26-21(19-8-3-6-17-5-1-2-7-18(17)19)23-10-16-31(28,29)25-13-11-24(12-14-25)22(27)20-9-4-15-30-20/h1-9,15H,10-14,16H2,(H,23,26). The number of furan rings is 1. The number of hydrogen-bond acceptors (Lipinski definition) is 5. The highest BCUT2D eigenvalue weighted by molar-refractivity contribution is 7.89. The molecule has 31 heavy (non-hydrogen) atoms. The number of fused-ring (bicyclic) bond motifs is 1. The van der Waals surface area contributed by atoms with Crippen molar-refractivity contribution in [3.05, 3.63) is 72.2 Å². The molecular formula is C22H23N3O5S. The highest BCUT2D eigenvalue weighted by Crippen LogP contribution is 2.18. The molecular weight excluding hydrogens is 418 g/mol. The first-order chi connectivity index (χ1) is 15.0. The van der Waals surface area contributed by atoms with E-state index in [-0.39, 0.29) is 43.0 Å². The molecule has 1 aliphatic rings. The Balaban J connectivity index is 1.30. The molecule has 4 rings (SSSR count). The van der Waals surface area contributed by atoms with Crippen molar-refractivity contribution in [2.75, 3.05) is 38.5 Å². The minimum atomic E-state index is -3.55. The summed E-state index contributed by atoms with van der Waals surface area (Å²) in [5, 5.41) is 4.48. The van der Waals surface area contributed by atoms with Gasteiger partial charge in [0.15, 0.2) is 5.76 Å². The van der Waals surface area contributed by atoms with Crippen molar-refractivity contribution in [2.24, 2.45) is 0 Å². The molecule has 1 saturated heterocycles. The van der Waals surface area contributed by atoms with Crippen LogP contribution in [0, 0.1) is 0 Å². The van der Waals surface area contributed by atoms with Crippen molar-refractivity contribution in [2.45, 2.75) is 0 Å². The van der Waals surface area contributed by atoms with Gasteiger partial charge >= 0.3 is 0 Å². The summed E-state index contributed by atoms with van der Waals surface area (Å²) in [5.41, 5.74) is 0.514. The Morgan fingerprint density at radius 3 is 2.42 bits per heavy atom. The van der Waals surface area contributed by atoms with Crippen LogP contribution in [0.15, 0.2) is 65.3 Å². The van der Waals surface area contributed by atoms with Gasteiger partial charge in [0.2, 0.25) is 10.0 Å². The number of amides is 2. The monoisotopic (exact) mass is 441 g/mol. The summed E-state index contributed by atoms with van der Waals surface area (Å²) in [4.78, 5) is 26.5. The third kappa shape index (κ3) is 4.62. The van der Waals surface area contributed by atoms with Gasteiger partial charge in [-0.3, -0.25) is 9.59 Å². The van der Waals surface area contributed by atoms with Gasteiger partial charge in [-0.15, -0.1) is 0 Å². The van der Waals surface area contributed by atoms with Crippen molar-refractivity contribution in [3.8, 4) is 0 Å². The van der Waals surface area contributed by atoms with Gasteiger partial charge in [-0.2, -0.15) is 4.31 Å². The Labute approximate surface area is 180 Å². The summed E-state index contributed by atoms with van der Waals surface area (Å²) in [6, 6.07) is 16.2. The first kappa shape index (κ1) is 21.1. The van der Waals surface area contributed by atoms with Gasteiger partial charge in [0.05, 0.1) is 12.0 Å². The molecule has 8 nitrogen and oxygen atoms in total. The fraction of sp³-hybridized carbons (Fsp3) is 0.273. The molecule has 0 saturated carbocycles. The van der Waals surface area contributed by atoms with Crippen molar-refractivity contribution < 1.29 is 22.4 Å². The molecule has 2 heterocycles. The van der Waals surface area contributed by atoms with E-state index in [1.807, 2.05) is 30.3 Å². The van der Waals surface area contributed by atoms with E-state index in [0.29, 0.717) is 18.7 Å². The van der Waals surface area contributed by atoms with Gasteiger partial charge in [0, 0.05) is 38.3 Å². The molecule has 0 aliphatic carbocycles. The molecule has 1 aromatic heterocycles. The van der Waals surface area contributed by atoms with E-state index in [0.717, 1.165) is 10.8 Å². The molecule has 3 aromatic rings. The van der Waals surface area contributed by atoms with Crippen LogP contribution < -0.4 is 5.32 Å². The minimum absolute atomic E-state index is 0.00985. The molecule has 1 aliphatic heterocycles. The van der Waals surface area contributed by atoms with E-state index >= 15 is 0 Å². The molecule has 0 radical (unpaired) electrons. The predicted octanol–water partition coefficient (Wildman–Crippen LogP) is 1.95. The number of benzene rings is 2. The lowest BCUT2D eigenvalue weighted by Gasteiger charge is -2.33. The zero-order valence-electron chi connectivity index (χ0n) is 16.9. The molecule has 0 unspecified atom stereocenters. The third-order valence-corrected chi connectivity index (χ3v) is 7.20. The van der Waals surface area contributed by atoms with Crippen molar-refractivity contribution in [3.63, 3.8) is 0 Å². The van der Waals surface area contributed by atoms with Gasteiger partial charge in [-0.05, 0) is 29.0 Å². The lowest BCUT2D eigenvalue weighted by Crippen LogP contribution is -2.51. The van der Waals surface area contributed by atoms with E-state index in [9.17, 15) is 18.0 Å². The van der Waals surface area contributed by atoms with Crippen LogP contribution in [0.3, 0.4) is 0 Å². The van der Waals surface area contributed by atoms with Gasteiger partial charge in [0.1, 0.15) is 0 Å².